The lowest BCUT2D eigenvalue weighted by molar-refractivity contribution is -0.125. The molecule has 2 aliphatic heterocycles. The minimum Gasteiger partial charge on any atom is -0.442 e. The van der Waals surface area contributed by atoms with Gasteiger partial charge in [-0.05, 0) is 37.3 Å². The number of benzene rings is 1. The normalized spacial score (nSPS) is 21.6. The molecule has 9 heteroatoms. The third-order valence-electron chi connectivity index (χ3n) is 5.35. The molecule has 1 atom stereocenters. The zero-order valence-corrected chi connectivity index (χ0v) is 17.9. The van der Waals surface area contributed by atoms with Gasteiger partial charge in [0.1, 0.15) is 12.7 Å². The van der Waals surface area contributed by atoms with E-state index in [2.05, 4.69) is 5.32 Å². The van der Waals surface area contributed by atoms with Gasteiger partial charge in [0.25, 0.3) is 11.8 Å². The van der Waals surface area contributed by atoms with Crippen LogP contribution in [0, 0.1) is 0 Å². The van der Waals surface area contributed by atoms with E-state index in [1.165, 1.54) is 4.90 Å². The number of hydrogen-bond donors (Lipinski definition) is 1. The smallest absolute Gasteiger partial charge is 0.414 e. The summed E-state index contributed by atoms with van der Waals surface area (Å²) in [5.41, 5.74) is 2.92. The number of cyclic esters (lactones) is 1. The van der Waals surface area contributed by atoms with Gasteiger partial charge in [-0.15, -0.1) is 0 Å². The van der Waals surface area contributed by atoms with Crippen LogP contribution in [0.15, 0.2) is 47.6 Å². The number of ether oxygens (including phenoxy) is 2. The minimum absolute atomic E-state index is 0.0745. The average molecular weight is 442 g/mol. The number of hydrogen-bond acceptors (Lipinski definition) is 6. The van der Waals surface area contributed by atoms with Crippen molar-refractivity contribution in [1.82, 2.24) is 5.32 Å². The number of carbonyl (C=O) groups excluding carboxylic acids is 3. The molecule has 0 bridgehead atoms. The molecule has 1 N–H and O–H groups in total. The Morgan fingerprint density at radius 2 is 1.90 bits per heavy atom. The van der Waals surface area contributed by atoms with Gasteiger partial charge in [0.05, 0.1) is 25.3 Å². The molecule has 0 aromatic heterocycles. The van der Waals surface area contributed by atoms with E-state index >= 15 is 0 Å². The first kappa shape index (κ1) is 21.2. The predicted octanol–water partition coefficient (Wildman–Crippen LogP) is 2.14. The third kappa shape index (κ3) is 4.67. The van der Waals surface area contributed by atoms with Gasteiger partial charge < -0.3 is 19.7 Å². The van der Waals surface area contributed by atoms with Crippen LogP contribution in [-0.4, -0.2) is 61.7 Å². The van der Waals surface area contributed by atoms with E-state index in [0.29, 0.717) is 42.2 Å². The van der Waals surface area contributed by atoms with Gasteiger partial charge in [-0.3, -0.25) is 14.5 Å². The Morgan fingerprint density at radius 1 is 1.19 bits per heavy atom. The van der Waals surface area contributed by atoms with E-state index in [1.54, 1.807) is 35.2 Å². The molecule has 1 aromatic rings. The van der Waals surface area contributed by atoms with Crippen LogP contribution in [0.25, 0.3) is 0 Å². The Labute approximate surface area is 185 Å². The van der Waals surface area contributed by atoms with Crippen molar-refractivity contribution in [3.05, 3.63) is 47.6 Å². The molecule has 0 unspecified atom stereocenters. The molecular formula is C22H23N3O5S. The zero-order chi connectivity index (χ0) is 22.0. The number of nitrogens with zero attached hydrogens (tertiary/aromatic N) is 2. The number of rotatable bonds is 5. The maximum Gasteiger partial charge on any atom is 0.414 e. The lowest BCUT2D eigenvalue weighted by Crippen LogP contribution is -2.41. The molecule has 3 aliphatic rings. The largest absolute Gasteiger partial charge is 0.442 e. The second-order valence-corrected chi connectivity index (χ2v) is 8.07. The van der Waals surface area contributed by atoms with E-state index in [0.717, 1.165) is 11.3 Å². The summed E-state index contributed by atoms with van der Waals surface area (Å²) in [7, 11) is 0. The Morgan fingerprint density at radius 3 is 2.61 bits per heavy atom. The summed E-state index contributed by atoms with van der Waals surface area (Å²) in [5, 5.41) is 2.81. The van der Waals surface area contributed by atoms with Gasteiger partial charge in [0.2, 0.25) is 0 Å². The molecule has 1 aromatic carbocycles. The molecule has 2 saturated heterocycles. The molecule has 2 fully saturated rings. The van der Waals surface area contributed by atoms with Crippen LogP contribution in [-0.2, 0) is 19.1 Å². The van der Waals surface area contributed by atoms with E-state index in [4.69, 9.17) is 21.7 Å². The van der Waals surface area contributed by atoms with Gasteiger partial charge in [0, 0.05) is 29.2 Å². The molecule has 3 amide bonds. The highest BCUT2D eigenvalue weighted by Crippen LogP contribution is 2.25. The molecule has 8 nitrogen and oxygen atoms in total. The van der Waals surface area contributed by atoms with Crippen LogP contribution in [0.2, 0.25) is 0 Å². The van der Waals surface area contributed by atoms with Crippen LogP contribution in [0.4, 0.5) is 16.2 Å². The molecule has 1 aliphatic carbocycles. The van der Waals surface area contributed by atoms with Crippen LogP contribution < -0.4 is 15.1 Å². The van der Waals surface area contributed by atoms with Gasteiger partial charge in [0.15, 0.2) is 0 Å². The van der Waals surface area contributed by atoms with Crippen molar-refractivity contribution in [2.75, 3.05) is 42.6 Å². The first-order valence-corrected chi connectivity index (χ1v) is 10.5. The summed E-state index contributed by atoms with van der Waals surface area (Å²) in [4.78, 5) is 40.6. The van der Waals surface area contributed by atoms with Crippen LogP contribution >= 0.6 is 12.2 Å². The quantitative estimate of drug-likeness (QED) is 0.705. The molecule has 31 heavy (non-hydrogen) atoms. The maximum atomic E-state index is 12.5. The number of nitrogens with one attached hydrogen (secondary N) is 1. The highest BCUT2D eigenvalue weighted by atomic mass is 32.1. The van der Waals surface area contributed by atoms with Crippen LogP contribution in [0.3, 0.4) is 0 Å². The van der Waals surface area contributed by atoms with Crippen molar-refractivity contribution in [3.8, 4) is 0 Å². The first-order chi connectivity index (χ1) is 14.9. The highest BCUT2D eigenvalue weighted by molar-refractivity contribution is 7.81. The van der Waals surface area contributed by atoms with Crippen molar-refractivity contribution in [3.63, 3.8) is 0 Å². The van der Waals surface area contributed by atoms with Gasteiger partial charge in [-0.25, -0.2) is 4.79 Å². The van der Waals surface area contributed by atoms with Crippen molar-refractivity contribution < 1.29 is 23.9 Å². The number of thiocarbonyl (C=S) groups is 1. The topological polar surface area (TPSA) is 88.2 Å². The van der Waals surface area contributed by atoms with Crippen molar-refractivity contribution in [1.29, 1.82) is 0 Å². The highest BCUT2D eigenvalue weighted by Gasteiger charge is 2.33. The number of carbonyl (C=O) groups is 3. The lowest BCUT2D eigenvalue weighted by Gasteiger charge is -2.27. The summed E-state index contributed by atoms with van der Waals surface area (Å²) in [5.74, 6) is -0.347. The Balaban J connectivity index is 1.35. The van der Waals surface area contributed by atoms with E-state index in [9.17, 15) is 14.4 Å². The van der Waals surface area contributed by atoms with Crippen molar-refractivity contribution in [2.45, 2.75) is 19.4 Å². The number of morpholine rings is 1. The van der Waals surface area contributed by atoms with Crippen molar-refractivity contribution in [2.24, 2.45) is 0 Å². The number of amides is 3. The van der Waals surface area contributed by atoms with Gasteiger partial charge in [-0.1, -0.05) is 23.9 Å². The molecule has 162 valence electrons. The van der Waals surface area contributed by atoms with E-state index in [1.807, 2.05) is 13.0 Å². The Bertz CT molecular complexity index is 985. The molecule has 2 heterocycles. The SMILES string of the molecule is CC1=CCC(=S)C(C(=O)NC[C@H]2CN(c3ccc(N4CCOCC4=O)cc3)C(=O)O2)=C1. The second kappa shape index (κ2) is 8.99. The van der Waals surface area contributed by atoms with E-state index in [-0.39, 0.29) is 25.0 Å². The summed E-state index contributed by atoms with van der Waals surface area (Å²) in [6, 6.07) is 7.15. The monoisotopic (exact) mass is 441 g/mol. The summed E-state index contributed by atoms with van der Waals surface area (Å²) >= 11 is 5.27. The second-order valence-electron chi connectivity index (χ2n) is 7.57. The summed E-state index contributed by atoms with van der Waals surface area (Å²) < 4.78 is 10.6. The molecule has 4 rings (SSSR count). The predicted molar refractivity (Wildman–Crippen MR) is 119 cm³/mol. The number of allylic oxidation sites excluding steroid dienone is 3. The fraction of sp³-hybridized carbons (Fsp3) is 0.364. The molecule has 0 spiro atoms. The average Bonchev–Trinajstić information content (AvgIpc) is 3.15. The Kier molecular flexibility index (Phi) is 6.15. The lowest BCUT2D eigenvalue weighted by atomic mass is 9.99. The summed E-state index contributed by atoms with van der Waals surface area (Å²) in [6.45, 7) is 3.51. The standard InChI is InChI=1S/C22H23N3O5S/c1-14-2-7-19(31)18(10-14)21(27)23-11-17-12-25(22(28)30-17)16-5-3-15(4-6-16)24-8-9-29-13-20(24)26/h2-6,10,17H,7-9,11-13H2,1H3,(H,23,27)/t17-/m0/s1. The van der Waals surface area contributed by atoms with Gasteiger partial charge >= 0.3 is 6.09 Å². The van der Waals surface area contributed by atoms with Crippen LogP contribution in [0.1, 0.15) is 13.3 Å². The first-order valence-electron chi connectivity index (χ1n) is 10.1. The van der Waals surface area contributed by atoms with Crippen molar-refractivity contribution >= 4 is 46.4 Å². The third-order valence-corrected chi connectivity index (χ3v) is 5.74. The molecule has 0 radical (unpaired) electrons. The van der Waals surface area contributed by atoms with Crippen LogP contribution in [0.5, 0.6) is 0 Å². The van der Waals surface area contributed by atoms with E-state index < -0.39 is 12.2 Å². The van der Waals surface area contributed by atoms with Gasteiger partial charge in [-0.2, -0.15) is 0 Å². The summed E-state index contributed by atoms with van der Waals surface area (Å²) in [6.07, 6.45) is 3.40. The Hall–Kier alpha value is -3.04. The maximum absolute atomic E-state index is 12.5. The minimum atomic E-state index is -0.472. The molecule has 0 saturated carbocycles. The fourth-order valence-electron chi connectivity index (χ4n) is 3.67. The fourth-order valence-corrected chi connectivity index (χ4v) is 3.90. The molecular weight excluding hydrogens is 418 g/mol. The zero-order valence-electron chi connectivity index (χ0n) is 17.1. The number of anilines is 2.